The normalized spacial score (nSPS) is 16.6. The van der Waals surface area contributed by atoms with Gasteiger partial charge in [-0.2, -0.15) is 0 Å². The van der Waals surface area contributed by atoms with E-state index in [-0.39, 0.29) is 5.91 Å². The van der Waals surface area contributed by atoms with E-state index in [1.54, 1.807) is 48.6 Å². The third-order valence-corrected chi connectivity index (χ3v) is 5.33. The van der Waals surface area contributed by atoms with Crippen molar-refractivity contribution >= 4 is 11.6 Å². The SMILES string of the molecule is C[C@H]1CN(Cc2ccc(N(C)C(=O)c3ccc(Oc4cccnc4)nc3)cc2)CCN1. The lowest BCUT2D eigenvalue weighted by atomic mass is 10.1. The number of nitrogens with zero attached hydrogens (tertiary/aromatic N) is 4. The summed E-state index contributed by atoms with van der Waals surface area (Å²) >= 11 is 0. The number of ether oxygens (including phenoxy) is 1. The highest BCUT2D eigenvalue weighted by Crippen LogP contribution is 2.20. The number of nitrogens with one attached hydrogen (secondary N) is 1. The molecule has 0 radical (unpaired) electrons. The average molecular weight is 418 g/mol. The Bertz CT molecular complexity index is 993. The van der Waals surface area contributed by atoms with Crippen molar-refractivity contribution in [3.05, 3.63) is 78.2 Å². The summed E-state index contributed by atoms with van der Waals surface area (Å²) in [5.41, 5.74) is 2.59. The number of hydrogen-bond donors (Lipinski definition) is 1. The number of carbonyl (C=O) groups excluding carboxylic acids is 1. The highest BCUT2D eigenvalue weighted by Gasteiger charge is 2.17. The van der Waals surface area contributed by atoms with Gasteiger partial charge < -0.3 is 15.0 Å². The van der Waals surface area contributed by atoms with Crippen LogP contribution < -0.4 is 15.0 Å². The molecule has 1 aliphatic heterocycles. The summed E-state index contributed by atoms with van der Waals surface area (Å²) in [4.78, 5) is 25.2. The molecule has 2 aromatic heterocycles. The smallest absolute Gasteiger partial charge is 0.259 e. The summed E-state index contributed by atoms with van der Waals surface area (Å²) in [6.07, 6.45) is 4.82. The molecular formula is C24H27N5O2. The first kappa shape index (κ1) is 21.0. The second-order valence-electron chi connectivity index (χ2n) is 7.80. The Kier molecular flexibility index (Phi) is 6.54. The van der Waals surface area contributed by atoms with Crippen molar-refractivity contribution in [1.82, 2.24) is 20.2 Å². The molecule has 1 saturated heterocycles. The molecule has 0 saturated carbocycles. The highest BCUT2D eigenvalue weighted by atomic mass is 16.5. The fourth-order valence-corrected chi connectivity index (χ4v) is 3.65. The Labute approximate surface area is 182 Å². The molecule has 4 rings (SSSR count). The van der Waals surface area contributed by atoms with Crippen LogP contribution in [0.5, 0.6) is 11.6 Å². The van der Waals surface area contributed by atoms with Crippen LogP contribution in [-0.2, 0) is 6.54 Å². The fourth-order valence-electron chi connectivity index (χ4n) is 3.65. The molecule has 1 aliphatic rings. The third kappa shape index (κ3) is 5.45. The maximum absolute atomic E-state index is 12.9. The van der Waals surface area contributed by atoms with Gasteiger partial charge in [0.15, 0.2) is 0 Å². The summed E-state index contributed by atoms with van der Waals surface area (Å²) < 4.78 is 5.63. The first-order chi connectivity index (χ1) is 15.1. The van der Waals surface area contributed by atoms with E-state index < -0.39 is 0 Å². The first-order valence-corrected chi connectivity index (χ1v) is 10.4. The molecule has 3 aromatic rings. The molecule has 0 spiro atoms. The second kappa shape index (κ2) is 9.68. The largest absolute Gasteiger partial charge is 0.437 e. The fraction of sp³-hybridized carbons (Fsp3) is 0.292. The van der Waals surface area contributed by atoms with Crippen molar-refractivity contribution in [1.29, 1.82) is 0 Å². The molecule has 0 unspecified atom stereocenters. The van der Waals surface area contributed by atoms with Crippen molar-refractivity contribution in [2.45, 2.75) is 19.5 Å². The monoisotopic (exact) mass is 417 g/mol. The number of benzene rings is 1. The lowest BCUT2D eigenvalue weighted by Crippen LogP contribution is -2.48. The number of rotatable bonds is 6. The van der Waals surface area contributed by atoms with E-state index in [2.05, 4.69) is 39.2 Å². The molecule has 0 bridgehead atoms. The molecule has 1 aromatic carbocycles. The van der Waals surface area contributed by atoms with Gasteiger partial charge in [0, 0.05) is 63.4 Å². The molecular weight excluding hydrogens is 390 g/mol. The van der Waals surface area contributed by atoms with E-state index in [1.165, 1.54) is 11.8 Å². The van der Waals surface area contributed by atoms with Gasteiger partial charge in [-0.3, -0.25) is 14.7 Å². The van der Waals surface area contributed by atoms with Gasteiger partial charge in [-0.05, 0) is 42.8 Å². The lowest BCUT2D eigenvalue weighted by molar-refractivity contribution is 0.0992. The van der Waals surface area contributed by atoms with Crippen molar-refractivity contribution < 1.29 is 9.53 Å². The van der Waals surface area contributed by atoms with Gasteiger partial charge in [0.2, 0.25) is 5.88 Å². The van der Waals surface area contributed by atoms with Crippen molar-refractivity contribution in [3.8, 4) is 11.6 Å². The summed E-state index contributed by atoms with van der Waals surface area (Å²) in [5, 5.41) is 3.46. The highest BCUT2D eigenvalue weighted by molar-refractivity contribution is 6.05. The Hall–Kier alpha value is -3.29. The summed E-state index contributed by atoms with van der Waals surface area (Å²) in [5.74, 6) is 0.893. The van der Waals surface area contributed by atoms with Crippen molar-refractivity contribution in [2.24, 2.45) is 0 Å². The van der Waals surface area contributed by atoms with Crippen LogP contribution in [0.2, 0.25) is 0 Å². The Morgan fingerprint density at radius 1 is 1.19 bits per heavy atom. The van der Waals surface area contributed by atoms with Crippen LogP contribution in [0.3, 0.4) is 0 Å². The Morgan fingerprint density at radius 2 is 2.03 bits per heavy atom. The average Bonchev–Trinajstić information content (AvgIpc) is 2.80. The summed E-state index contributed by atoms with van der Waals surface area (Å²) in [6.45, 7) is 6.26. The van der Waals surface area contributed by atoms with Crippen LogP contribution in [0.4, 0.5) is 5.69 Å². The zero-order valence-electron chi connectivity index (χ0n) is 17.9. The predicted octanol–water partition coefficient (Wildman–Crippen LogP) is 3.34. The number of piperazine rings is 1. The van der Waals surface area contributed by atoms with Crippen LogP contribution in [0.25, 0.3) is 0 Å². The molecule has 31 heavy (non-hydrogen) atoms. The van der Waals surface area contributed by atoms with Gasteiger partial charge in [0.05, 0.1) is 11.8 Å². The third-order valence-electron chi connectivity index (χ3n) is 5.33. The van der Waals surface area contributed by atoms with Gasteiger partial charge in [0.25, 0.3) is 5.91 Å². The molecule has 1 N–H and O–H groups in total. The molecule has 160 valence electrons. The Balaban J connectivity index is 1.37. The van der Waals surface area contributed by atoms with E-state index in [0.717, 1.165) is 31.9 Å². The van der Waals surface area contributed by atoms with Gasteiger partial charge >= 0.3 is 0 Å². The van der Waals surface area contributed by atoms with Crippen molar-refractivity contribution in [2.75, 3.05) is 31.6 Å². The van der Waals surface area contributed by atoms with Crippen LogP contribution in [0.1, 0.15) is 22.8 Å². The van der Waals surface area contributed by atoms with Crippen LogP contribution in [0, 0.1) is 0 Å². The zero-order chi connectivity index (χ0) is 21.6. The molecule has 0 aliphatic carbocycles. The number of carbonyl (C=O) groups is 1. The van der Waals surface area contributed by atoms with E-state index in [0.29, 0.717) is 23.2 Å². The van der Waals surface area contributed by atoms with E-state index in [1.807, 2.05) is 12.1 Å². The molecule has 7 heteroatoms. The summed E-state index contributed by atoms with van der Waals surface area (Å²) in [7, 11) is 1.77. The number of anilines is 1. The molecule has 7 nitrogen and oxygen atoms in total. The quantitative estimate of drug-likeness (QED) is 0.663. The molecule has 1 fully saturated rings. The van der Waals surface area contributed by atoms with Gasteiger partial charge in [-0.25, -0.2) is 4.98 Å². The minimum Gasteiger partial charge on any atom is -0.437 e. The standard InChI is InChI=1S/C24H27N5O2/c1-18-16-29(13-12-26-18)17-19-5-8-21(9-6-19)28(2)24(30)20-7-10-23(27-14-20)31-22-4-3-11-25-15-22/h3-11,14-15,18,26H,12-13,16-17H2,1-2H3/t18-/m0/s1. The van der Waals surface area contributed by atoms with E-state index >= 15 is 0 Å². The number of pyridine rings is 2. The molecule has 1 amide bonds. The van der Waals surface area contributed by atoms with Gasteiger partial charge in [-0.1, -0.05) is 12.1 Å². The Morgan fingerprint density at radius 3 is 2.71 bits per heavy atom. The maximum Gasteiger partial charge on any atom is 0.259 e. The zero-order valence-corrected chi connectivity index (χ0v) is 17.9. The van der Waals surface area contributed by atoms with E-state index in [4.69, 9.17) is 4.74 Å². The van der Waals surface area contributed by atoms with Gasteiger partial charge in [-0.15, -0.1) is 0 Å². The minimum absolute atomic E-state index is 0.121. The van der Waals surface area contributed by atoms with Crippen LogP contribution >= 0.6 is 0 Å². The first-order valence-electron chi connectivity index (χ1n) is 10.4. The minimum atomic E-state index is -0.121. The topological polar surface area (TPSA) is 70.6 Å². The second-order valence-corrected chi connectivity index (χ2v) is 7.80. The number of hydrogen-bond acceptors (Lipinski definition) is 6. The number of aromatic nitrogens is 2. The molecule has 1 atom stereocenters. The number of amides is 1. The lowest BCUT2D eigenvalue weighted by Gasteiger charge is -2.31. The van der Waals surface area contributed by atoms with Crippen LogP contribution in [0.15, 0.2) is 67.1 Å². The maximum atomic E-state index is 12.9. The van der Waals surface area contributed by atoms with Crippen LogP contribution in [-0.4, -0.2) is 53.5 Å². The van der Waals surface area contributed by atoms with E-state index in [9.17, 15) is 4.79 Å². The predicted molar refractivity (Wildman–Crippen MR) is 120 cm³/mol. The summed E-state index contributed by atoms with van der Waals surface area (Å²) in [6, 6.07) is 15.7. The van der Waals surface area contributed by atoms with Gasteiger partial charge in [0.1, 0.15) is 5.75 Å². The van der Waals surface area contributed by atoms with Crippen molar-refractivity contribution in [3.63, 3.8) is 0 Å². The molecule has 3 heterocycles.